The van der Waals surface area contributed by atoms with Gasteiger partial charge in [0.15, 0.2) is 17.3 Å². The number of aromatic nitrogens is 1. The third-order valence-electron chi connectivity index (χ3n) is 7.27. The van der Waals surface area contributed by atoms with Crippen LogP contribution in [0.2, 0.25) is 0 Å². The molecule has 10 nitrogen and oxygen atoms in total. The molecule has 3 aliphatic heterocycles. The quantitative estimate of drug-likeness (QED) is 0.544. The first-order chi connectivity index (χ1) is 17.6. The van der Waals surface area contributed by atoms with Crippen LogP contribution in [-0.2, 0) is 6.54 Å². The van der Waals surface area contributed by atoms with Crippen molar-refractivity contribution in [3.8, 4) is 11.5 Å². The lowest BCUT2D eigenvalue weighted by Gasteiger charge is -2.22. The molecule has 10 heteroatoms. The van der Waals surface area contributed by atoms with Gasteiger partial charge in [0.25, 0.3) is 11.8 Å². The Morgan fingerprint density at radius 3 is 2.61 bits per heavy atom. The van der Waals surface area contributed by atoms with Crippen molar-refractivity contribution in [2.45, 2.75) is 6.54 Å². The highest BCUT2D eigenvalue weighted by molar-refractivity contribution is 6.10. The van der Waals surface area contributed by atoms with E-state index in [-0.39, 0.29) is 11.7 Å². The van der Waals surface area contributed by atoms with Crippen LogP contribution in [0, 0.1) is 11.8 Å². The summed E-state index contributed by atoms with van der Waals surface area (Å²) < 4.78 is 16.5. The van der Waals surface area contributed by atoms with Crippen molar-refractivity contribution >= 4 is 29.1 Å². The number of furan rings is 1. The van der Waals surface area contributed by atoms with E-state index in [0.717, 1.165) is 37.4 Å². The maximum absolute atomic E-state index is 13.1. The number of hydrogen-bond acceptors (Lipinski definition) is 8. The minimum Gasteiger partial charge on any atom is -0.493 e. The van der Waals surface area contributed by atoms with Crippen molar-refractivity contribution in [2.75, 3.05) is 55.5 Å². The molecule has 2 N–H and O–H groups in total. The van der Waals surface area contributed by atoms with Crippen molar-refractivity contribution in [1.29, 1.82) is 0 Å². The predicted octanol–water partition coefficient (Wildman–Crippen LogP) is 2.76. The number of nitrogens with zero attached hydrogens (tertiary/aromatic N) is 3. The second-order valence-corrected chi connectivity index (χ2v) is 9.32. The molecule has 0 bridgehead atoms. The van der Waals surface area contributed by atoms with E-state index in [0.29, 0.717) is 47.0 Å². The molecule has 2 amide bonds. The SMILES string of the molecule is COc1cc2c(cc1OC)C(=O)N(c1ccc(C(=O)Nc3cnccc3N3CC4CNCC4C3)o1)C2. The summed E-state index contributed by atoms with van der Waals surface area (Å²) in [6.45, 7) is 4.26. The third-order valence-corrected chi connectivity index (χ3v) is 7.27. The number of ether oxygens (including phenoxy) is 2. The lowest BCUT2D eigenvalue weighted by Crippen LogP contribution is -2.26. The fraction of sp³-hybridized carbons (Fsp3) is 0.346. The zero-order valence-corrected chi connectivity index (χ0v) is 20.1. The van der Waals surface area contributed by atoms with Crippen LogP contribution >= 0.6 is 0 Å². The minimum atomic E-state index is -0.399. The van der Waals surface area contributed by atoms with Crippen LogP contribution in [0.5, 0.6) is 11.5 Å². The summed E-state index contributed by atoms with van der Waals surface area (Å²) in [6.07, 6.45) is 3.40. The smallest absolute Gasteiger partial charge is 0.291 e. The highest BCUT2D eigenvalue weighted by atomic mass is 16.5. The molecule has 0 saturated carbocycles. The van der Waals surface area contributed by atoms with Crippen molar-refractivity contribution in [2.24, 2.45) is 11.8 Å². The highest BCUT2D eigenvalue weighted by Crippen LogP contribution is 2.38. The van der Waals surface area contributed by atoms with Gasteiger partial charge in [0.2, 0.25) is 5.88 Å². The maximum Gasteiger partial charge on any atom is 0.291 e. The summed E-state index contributed by atoms with van der Waals surface area (Å²) >= 11 is 0. The fourth-order valence-corrected chi connectivity index (χ4v) is 5.41. The molecule has 2 fully saturated rings. The van der Waals surface area contributed by atoms with E-state index in [1.54, 1.807) is 43.8 Å². The van der Waals surface area contributed by atoms with E-state index < -0.39 is 5.91 Å². The van der Waals surface area contributed by atoms with Crippen LogP contribution in [0.1, 0.15) is 26.5 Å². The maximum atomic E-state index is 13.1. The summed E-state index contributed by atoms with van der Waals surface area (Å²) in [5, 5.41) is 6.39. The van der Waals surface area contributed by atoms with Crippen molar-refractivity contribution in [3.05, 3.63) is 59.6 Å². The molecular formula is C26H27N5O5. The number of methoxy groups -OCH3 is 2. The Hall–Kier alpha value is -4.05. The number of amides is 2. The molecule has 0 aliphatic carbocycles. The van der Waals surface area contributed by atoms with E-state index in [9.17, 15) is 9.59 Å². The average molecular weight is 490 g/mol. The Labute approximate surface area is 208 Å². The molecule has 0 spiro atoms. The monoisotopic (exact) mass is 489 g/mol. The Bertz CT molecular complexity index is 1330. The number of pyridine rings is 1. The second-order valence-electron chi connectivity index (χ2n) is 9.32. The molecule has 6 rings (SSSR count). The molecule has 5 heterocycles. The van der Waals surface area contributed by atoms with Gasteiger partial charge in [-0.2, -0.15) is 0 Å². The lowest BCUT2D eigenvalue weighted by atomic mass is 10.0. The summed E-state index contributed by atoms with van der Waals surface area (Å²) in [7, 11) is 3.08. The molecule has 36 heavy (non-hydrogen) atoms. The number of hydrogen-bond donors (Lipinski definition) is 2. The van der Waals surface area contributed by atoms with Gasteiger partial charge >= 0.3 is 0 Å². The average Bonchev–Trinajstić information content (AvgIpc) is 3.67. The lowest BCUT2D eigenvalue weighted by molar-refractivity contribution is 0.0975. The first kappa shape index (κ1) is 22.4. The van der Waals surface area contributed by atoms with Gasteiger partial charge in [0, 0.05) is 44.0 Å². The Kier molecular flexibility index (Phi) is 5.52. The van der Waals surface area contributed by atoms with Crippen LogP contribution in [0.25, 0.3) is 0 Å². The minimum absolute atomic E-state index is 0.112. The number of rotatable bonds is 6. The Balaban J connectivity index is 1.19. The summed E-state index contributed by atoms with van der Waals surface area (Å²) in [4.78, 5) is 34.1. The van der Waals surface area contributed by atoms with Gasteiger partial charge in [-0.3, -0.25) is 19.5 Å². The topological polar surface area (TPSA) is 109 Å². The highest BCUT2D eigenvalue weighted by Gasteiger charge is 2.37. The number of carbonyl (C=O) groups is 2. The second kappa shape index (κ2) is 8.87. The standard InChI is InChI=1S/C26H27N5O5/c1-34-22-7-15-14-31(26(33)18(15)8-23(22)35-2)24-4-3-21(36-24)25(32)29-19-11-27-6-5-20(19)30-12-16-9-28-10-17(16)13-30/h3-8,11,16-17,28H,9-10,12-14H2,1-2H3,(H,29,32). The molecule has 2 aromatic heterocycles. The number of benzene rings is 1. The van der Waals surface area contributed by atoms with Crippen LogP contribution < -0.4 is 29.9 Å². The van der Waals surface area contributed by atoms with Gasteiger partial charge in [0.05, 0.1) is 38.3 Å². The number of fused-ring (bicyclic) bond motifs is 2. The largest absolute Gasteiger partial charge is 0.493 e. The van der Waals surface area contributed by atoms with E-state index in [4.69, 9.17) is 13.9 Å². The number of carbonyl (C=O) groups excluding carboxylic acids is 2. The first-order valence-electron chi connectivity index (χ1n) is 11.9. The van der Waals surface area contributed by atoms with Crippen molar-refractivity contribution in [1.82, 2.24) is 10.3 Å². The Morgan fingerprint density at radius 1 is 1.11 bits per heavy atom. The van der Waals surface area contributed by atoms with Crippen LogP contribution in [-0.4, -0.2) is 57.2 Å². The molecule has 186 valence electrons. The molecule has 3 aromatic rings. The molecule has 3 aliphatic rings. The van der Waals surface area contributed by atoms with E-state index in [1.165, 1.54) is 12.0 Å². The molecule has 0 radical (unpaired) electrons. The van der Waals surface area contributed by atoms with Crippen LogP contribution in [0.3, 0.4) is 0 Å². The fourth-order valence-electron chi connectivity index (χ4n) is 5.41. The Morgan fingerprint density at radius 2 is 1.86 bits per heavy atom. The normalized spacial score (nSPS) is 20.4. The van der Waals surface area contributed by atoms with Gasteiger partial charge < -0.3 is 29.4 Å². The van der Waals surface area contributed by atoms with Gasteiger partial charge in [-0.1, -0.05) is 0 Å². The van der Waals surface area contributed by atoms with Crippen molar-refractivity contribution < 1.29 is 23.5 Å². The predicted molar refractivity (Wildman–Crippen MR) is 133 cm³/mol. The van der Waals surface area contributed by atoms with Gasteiger partial charge in [-0.05, 0) is 41.7 Å². The van der Waals surface area contributed by atoms with Crippen molar-refractivity contribution in [3.63, 3.8) is 0 Å². The van der Waals surface area contributed by atoms with Crippen LogP contribution in [0.4, 0.5) is 17.3 Å². The molecular weight excluding hydrogens is 462 g/mol. The summed E-state index contributed by atoms with van der Waals surface area (Å²) in [5.41, 5.74) is 2.90. The van der Waals surface area contributed by atoms with E-state index >= 15 is 0 Å². The zero-order chi connectivity index (χ0) is 24.8. The first-order valence-corrected chi connectivity index (χ1v) is 11.9. The number of nitrogens with one attached hydrogen (secondary N) is 2. The molecule has 2 saturated heterocycles. The zero-order valence-electron chi connectivity index (χ0n) is 20.1. The van der Waals surface area contributed by atoms with E-state index in [1.807, 2.05) is 6.07 Å². The van der Waals surface area contributed by atoms with Gasteiger partial charge in [-0.15, -0.1) is 0 Å². The van der Waals surface area contributed by atoms with Gasteiger partial charge in [-0.25, -0.2) is 0 Å². The summed E-state index contributed by atoms with van der Waals surface area (Å²) in [5.74, 6) is 2.06. The van der Waals surface area contributed by atoms with E-state index in [2.05, 4.69) is 20.5 Å². The molecule has 2 unspecified atom stereocenters. The van der Waals surface area contributed by atoms with Crippen LogP contribution in [0.15, 0.2) is 47.1 Å². The third kappa shape index (κ3) is 3.74. The number of anilines is 3. The van der Waals surface area contributed by atoms with Gasteiger partial charge in [0.1, 0.15) is 0 Å². The molecule has 1 aromatic carbocycles. The summed E-state index contributed by atoms with van der Waals surface area (Å²) in [6, 6.07) is 8.59. The molecule has 2 atom stereocenters.